The summed E-state index contributed by atoms with van der Waals surface area (Å²) in [4.78, 5) is 23.9. The predicted molar refractivity (Wildman–Crippen MR) is 85.1 cm³/mol. The van der Waals surface area contributed by atoms with Gasteiger partial charge in [-0.25, -0.2) is 13.6 Å². The van der Waals surface area contributed by atoms with Crippen molar-refractivity contribution in [1.82, 2.24) is 5.32 Å². The fourth-order valence-corrected chi connectivity index (χ4v) is 2.87. The van der Waals surface area contributed by atoms with E-state index in [0.29, 0.717) is 6.54 Å². The number of rotatable bonds is 4. The van der Waals surface area contributed by atoms with Gasteiger partial charge < -0.3 is 14.8 Å². The number of cyclic esters (lactones) is 1. The van der Waals surface area contributed by atoms with E-state index < -0.39 is 35.8 Å². The lowest BCUT2D eigenvalue weighted by molar-refractivity contribution is -0.143. The zero-order chi connectivity index (χ0) is 18.0. The topological polar surface area (TPSA) is 67.9 Å². The SMILES string of the molecule is CC(=O)OC[C@H]1CN(c2cc(F)c(C3C=CCCN3)c(F)c2)C(=O)O1. The second-order valence-electron chi connectivity index (χ2n) is 5.89. The van der Waals surface area contributed by atoms with E-state index in [4.69, 9.17) is 9.47 Å². The van der Waals surface area contributed by atoms with Gasteiger partial charge in [0.05, 0.1) is 18.3 Å². The average Bonchev–Trinajstić information content (AvgIpc) is 2.94. The summed E-state index contributed by atoms with van der Waals surface area (Å²) >= 11 is 0. The van der Waals surface area contributed by atoms with Gasteiger partial charge in [0.25, 0.3) is 0 Å². The quantitative estimate of drug-likeness (QED) is 0.666. The second kappa shape index (κ2) is 7.18. The number of ether oxygens (including phenoxy) is 2. The van der Waals surface area contributed by atoms with Crippen LogP contribution in [-0.4, -0.2) is 37.9 Å². The van der Waals surface area contributed by atoms with Gasteiger partial charge in [-0.3, -0.25) is 9.69 Å². The summed E-state index contributed by atoms with van der Waals surface area (Å²) in [6, 6.07) is 1.68. The Kier molecular flexibility index (Phi) is 4.98. The van der Waals surface area contributed by atoms with Crippen molar-refractivity contribution in [2.75, 3.05) is 24.6 Å². The van der Waals surface area contributed by atoms with Crippen molar-refractivity contribution >= 4 is 17.7 Å². The molecule has 1 saturated heterocycles. The Balaban J connectivity index is 1.79. The molecular weight excluding hydrogens is 334 g/mol. The molecule has 2 aliphatic rings. The van der Waals surface area contributed by atoms with Crippen molar-refractivity contribution in [3.05, 3.63) is 41.5 Å². The van der Waals surface area contributed by atoms with Crippen molar-refractivity contribution in [3.63, 3.8) is 0 Å². The van der Waals surface area contributed by atoms with E-state index >= 15 is 0 Å². The predicted octanol–water partition coefficient (Wildman–Crippen LogP) is 2.44. The first-order chi connectivity index (χ1) is 12.0. The Morgan fingerprint density at radius 1 is 1.40 bits per heavy atom. The molecule has 0 saturated carbocycles. The molecule has 0 aliphatic carbocycles. The summed E-state index contributed by atoms with van der Waals surface area (Å²) in [5, 5.41) is 3.03. The minimum atomic E-state index is -0.740. The van der Waals surface area contributed by atoms with E-state index in [1.165, 1.54) is 6.92 Å². The second-order valence-corrected chi connectivity index (χ2v) is 5.89. The maximum absolute atomic E-state index is 14.5. The first-order valence-corrected chi connectivity index (χ1v) is 7.96. The number of carbonyl (C=O) groups is 2. The number of hydrogen-bond donors (Lipinski definition) is 1. The molecule has 1 N–H and O–H groups in total. The van der Waals surface area contributed by atoms with Gasteiger partial charge in [0, 0.05) is 12.5 Å². The van der Waals surface area contributed by atoms with Gasteiger partial charge in [-0.1, -0.05) is 12.2 Å². The van der Waals surface area contributed by atoms with Crippen LogP contribution in [0.25, 0.3) is 0 Å². The van der Waals surface area contributed by atoms with Gasteiger partial charge >= 0.3 is 12.1 Å². The van der Waals surface area contributed by atoms with Crippen molar-refractivity contribution in [2.24, 2.45) is 0 Å². The largest absolute Gasteiger partial charge is 0.462 e. The number of esters is 1. The monoisotopic (exact) mass is 352 g/mol. The Morgan fingerprint density at radius 3 is 2.72 bits per heavy atom. The van der Waals surface area contributed by atoms with Crippen LogP contribution in [-0.2, 0) is 14.3 Å². The molecule has 1 amide bonds. The molecule has 1 fully saturated rings. The Morgan fingerprint density at radius 2 is 2.12 bits per heavy atom. The fraction of sp³-hybridized carbons (Fsp3) is 0.412. The van der Waals surface area contributed by atoms with Gasteiger partial charge in [0.15, 0.2) is 6.10 Å². The normalized spacial score (nSPS) is 22.8. The van der Waals surface area contributed by atoms with Crippen molar-refractivity contribution in [1.29, 1.82) is 0 Å². The summed E-state index contributed by atoms with van der Waals surface area (Å²) in [6.45, 7) is 1.83. The van der Waals surface area contributed by atoms with E-state index in [0.717, 1.165) is 23.5 Å². The van der Waals surface area contributed by atoms with Crippen LogP contribution < -0.4 is 10.2 Å². The minimum Gasteiger partial charge on any atom is -0.462 e. The van der Waals surface area contributed by atoms with Crippen LogP contribution in [0.5, 0.6) is 0 Å². The number of nitrogens with one attached hydrogen (secondary N) is 1. The maximum Gasteiger partial charge on any atom is 0.414 e. The molecule has 2 aliphatic heterocycles. The lowest BCUT2D eigenvalue weighted by Crippen LogP contribution is -2.28. The number of anilines is 1. The van der Waals surface area contributed by atoms with Crippen LogP contribution in [0.1, 0.15) is 24.9 Å². The molecule has 6 nitrogen and oxygen atoms in total. The highest BCUT2D eigenvalue weighted by Crippen LogP contribution is 2.30. The van der Waals surface area contributed by atoms with Crippen LogP contribution in [0.15, 0.2) is 24.3 Å². The van der Waals surface area contributed by atoms with E-state index in [1.807, 2.05) is 6.08 Å². The van der Waals surface area contributed by atoms with Gasteiger partial charge in [-0.05, 0) is 25.1 Å². The smallest absolute Gasteiger partial charge is 0.414 e. The molecule has 2 atom stereocenters. The Labute approximate surface area is 143 Å². The fourth-order valence-electron chi connectivity index (χ4n) is 2.87. The molecule has 1 aromatic rings. The summed E-state index contributed by atoms with van der Waals surface area (Å²) in [7, 11) is 0. The third-order valence-corrected chi connectivity index (χ3v) is 4.04. The molecular formula is C17H18F2N2O4. The highest BCUT2D eigenvalue weighted by atomic mass is 19.1. The van der Waals surface area contributed by atoms with Crippen LogP contribution in [0, 0.1) is 11.6 Å². The number of nitrogens with zero attached hydrogens (tertiary/aromatic N) is 1. The molecule has 0 radical (unpaired) electrons. The molecule has 1 aromatic carbocycles. The summed E-state index contributed by atoms with van der Waals surface area (Å²) in [5.41, 5.74) is -0.0161. The molecule has 2 heterocycles. The minimum absolute atomic E-state index is 0.0475. The summed E-state index contributed by atoms with van der Waals surface area (Å²) in [5.74, 6) is -1.98. The standard InChI is InChI=1S/C17H18F2N2O4/c1-10(22)24-9-12-8-21(17(23)25-12)11-6-13(18)16(14(19)7-11)15-4-2-3-5-20-15/h2,4,6-7,12,15,20H,3,5,8-9H2,1H3/t12-,15?/m1/s1. The highest BCUT2D eigenvalue weighted by Gasteiger charge is 2.34. The van der Waals surface area contributed by atoms with Crippen LogP contribution in [0.4, 0.5) is 19.3 Å². The van der Waals surface area contributed by atoms with E-state index in [1.54, 1.807) is 6.08 Å². The summed E-state index contributed by atoms with van der Waals surface area (Å²) < 4.78 is 38.8. The average molecular weight is 352 g/mol. The van der Waals surface area contributed by atoms with Gasteiger partial charge in [0.2, 0.25) is 0 Å². The van der Waals surface area contributed by atoms with E-state index in [9.17, 15) is 18.4 Å². The van der Waals surface area contributed by atoms with E-state index in [2.05, 4.69) is 5.32 Å². The number of halogens is 2. The van der Waals surface area contributed by atoms with Crippen molar-refractivity contribution < 1.29 is 27.8 Å². The number of benzene rings is 1. The van der Waals surface area contributed by atoms with Crippen LogP contribution in [0.3, 0.4) is 0 Å². The molecule has 1 unspecified atom stereocenters. The zero-order valence-corrected chi connectivity index (χ0v) is 13.6. The lowest BCUT2D eigenvalue weighted by atomic mass is 10.0. The van der Waals surface area contributed by atoms with Gasteiger partial charge in [-0.2, -0.15) is 0 Å². The first kappa shape index (κ1) is 17.3. The van der Waals surface area contributed by atoms with Crippen molar-refractivity contribution in [2.45, 2.75) is 25.5 Å². The van der Waals surface area contributed by atoms with Gasteiger partial charge in [-0.15, -0.1) is 0 Å². The third-order valence-electron chi connectivity index (χ3n) is 4.04. The van der Waals surface area contributed by atoms with Crippen molar-refractivity contribution in [3.8, 4) is 0 Å². The number of amides is 1. The molecule has 25 heavy (non-hydrogen) atoms. The van der Waals surface area contributed by atoms with Crippen LogP contribution >= 0.6 is 0 Å². The number of carbonyl (C=O) groups excluding carboxylic acids is 2. The molecule has 0 aromatic heterocycles. The highest BCUT2D eigenvalue weighted by molar-refractivity contribution is 5.89. The van der Waals surface area contributed by atoms with Crippen LogP contribution in [0.2, 0.25) is 0 Å². The Bertz CT molecular complexity index is 700. The summed E-state index contributed by atoms with van der Waals surface area (Å²) in [6.07, 6.45) is 2.97. The lowest BCUT2D eigenvalue weighted by Gasteiger charge is -2.21. The molecule has 134 valence electrons. The molecule has 0 spiro atoms. The first-order valence-electron chi connectivity index (χ1n) is 7.96. The van der Waals surface area contributed by atoms with E-state index in [-0.39, 0.29) is 24.4 Å². The Hall–Kier alpha value is -2.48. The molecule has 0 bridgehead atoms. The third kappa shape index (κ3) is 3.79. The molecule has 3 rings (SSSR count). The maximum atomic E-state index is 14.5. The zero-order valence-electron chi connectivity index (χ0n) is 13.6. The van der Waals surface area contributed by atoms with Gasteiger partial charge in [0.1, 0.15) is 18.2 Å². The number of hydrogen-bond acceptors (Lipinski definition) is 5. The molecule has 8 heteroatoms.